The molecule has 26 heavy (non-hydrogen) atoms. The van der Waals surface area contributed by atoms with Gasteiger partial charge in [-0.2, -0.15) is 0 Å². The number of nitrogens with one attached hydrogen (secondary N) is 1. The van der Waals surface area contributed by atoms with Crippen LogP contribution in [0, 0.1) is 6.92 Å². The fraction of sp³-hybridized carbons (Fsp3) is 0.0455. The third-order valence-electron chi connectivity index (χ3n) is 4.49. The molecule has 4 heteroatoms. The number of anilines is 2. The molecule has 0 aliphatic heterocycles. The monoisotopic (exact) mass is 339 g/mol. The Hall–Kier alpha value is -3.53. The number of aromatic nitrogens is 2. The lowest BCUT2D eigenvalue weighted by molar-refractivity contribution is 0.112. The van der Waals surface area contributed by atoms with Crippen LogP contribution in [0.3, 0.4) is 0 Å². The van der Waals surface area contributed by atoms with Crippen LogP contribution in [-0.4, -0.2) is 16.3 Å². The summed E-state index contributed by atoms with van der Waals surface area (Å²) in [7, 11) is 0. The number of benzene rings is 2. The molecule has 126 valence electrons. The first-order valence-electron chi connectivity index (χ1n) is 8.39. The zero-order chi connectivity index (χ0) is 17.9. The first kappa shape index (κ1) is 16.0. The molecule has 0 fully saturated rings. The van der Waals surface area contributed by atoms with Gasteiger partial charge in [-0.15, -0.1) is 0 Å². The lowest BCUT2D eigenvalue weighted by atomic mass is 9.99. The molecule has 0 amide bonds. The number of hydrogen-bond acceptors (Lipinski definition) is 4. The highest BCUT2D eigenvalue weighted by Gasteiger charge is 2.10. The molecule has 4 aromatic rings. The van der Waals surface area contributed by atoms with Gasteiger partial charge < -0.3 is 5.32 Å². The molecule has 0 bridgehead atoms. The van der Waals surface area contributed by atoms with Crippen LogP contribution in [0.25, 0.3) is 22.0 Å². The quantitative estimate of drug-likeness (QED) is 0.522. The van der Waals surface area contributed by atoms with E-state index in [1.807, 2.05) is 36.4 Å². The van der Waals surface area contributed by atoms with Crippen LogP contribution in [0.4, 0.5) is 11.5 Å². The van der Waals surface area contributed by atoms with Crippen LogP contribution in [0.1, 0.15) is 15.9 Å². The molecular formula is C22H17N3O. The number of carbonyl (C=O) groups excluding carboxylic acids is 1. The fourth-order valence-electron chi connectivity index (χ4n) is 3.12. The maximum absolute atomic E-state index is 11.3. The predicted octanol–water partition coefficient (Wildman–Crippen LogP) is 5.16. The van der Waals surface area contributed by atoms with Crippen molar-refractivity contribution in [3.05, 3.63) is 84.2 Å². The maximum Gasteiger partial charge on any atom is 0.156 e. The smallest absolute Gasteiger partial charge is 0.156 e. The van der Waals surface area contributed by atoms with E-state index in [4.69, 9.17) is 0 Å². The number of hydrogen-bond donors (Lipinski definition) is 1. The summed E-state index contributed by atoms with van der Waals surface area (Å²) >= 11 is 0. The van der Waals surface area contributed by atoms with E-state index >= 15 is 0 Å². The van der Waals surface area contributed by atoms with Gasteiger partial charge in [0.2, 0.25) is 0 Å². The first-order chi connectivity index (χ1) is 12.8. The number of nitrogens with zero attached hydrogens (tertiary/aromatic N) is 2. The van der Waals surface area contributed by atoms with Gasteiger partial charge in [-0.25, -0.2) is 4.98 Å². The Balaban J connectivity index is 1.80. The van der Waals surface area contributed by atoms with Crippen LogP contribution in [0.5, 0.6) is 0 Å². The van der Waals surface area contributed by atoms with Crippen molar-refractivity contribution in [1.29, 1.82) is 0 Å². The number of fused-ring (bicyclic) bond motifs is 1. The van der Waals surface area contributed by atoms with Crippen LogP contribution in [0.2, 0.25) is 0 Å². The molecule has 0 spiro atoms. The SMILES string of the molecule is Cc1c(Nc2nccc3c(C=O)ccnc23)cccc1-c1ccccc1. The summed E-state index contributed by atoms with van der Waals surface area (Å²) in [5, 5.41) is 4.18. The Bertz CT molecular complexity index is 1090. The molecule has 2 aromatic carbocycles. The maximum atomic E-state index is 11.3. The van der Waals surface area contributed by atoms with Gasteiger partial charge in [0, 0.05) is 29.0 Å². The van der Waals surface area contributed by atoms with Gasteiger partial charge >= 0.3 is 0 Å². The number of aldehydes is 1. The third kappa shape index (κ3) is 2.82. The molecule has 2 heterocycles. The Morgan fingerprint density at radius 1 is 0.885 bits per heavy atom. The Labute approximate surface area is 151 Å². The van der Waals surface area contributed by atoms with Gasteiger partial charge in [0.1, 0.15) is 5.52 Å². The molecule has 4 nitrogen and oxygen atoms in total. The molecule has 0 saturated carbocycles. The standard InChI is InChI=1S/C22H17N3O/c1-15-18(16-6-3-2-4-7-16)8-5-9-20(15)25-22-21-19(11-13-24-22)17(14-26)10-12-23-21/h2-14H,1H3,(H,24,25). The van der Waals surface area contributed by atoms with Gasteiger partial charge in [-0.3, -0.25) is 9.78 Å². The van der Waals surface area contributed by atoms with E-state index in [1.54, 1.807) is 18.5 Å². The molecule has 4 rings (SSSR count). The molecule has 0 radical (unpaired) electrons. The summed E-state index contributed by atoms with van der Waals surface area (Å²) in [5.74, 6) is 0.638. The van der Waals surface area contributed by atoms with Gasteiger partial charge in [-0.05, 0) is 41.8 Å². The highest BCUT2D eigenvalue weighted by Crippen LogP contribution is 2.31. The molecule has 1 N–H and O–H groups in total. The highest BCUT2D eigenvalue weighted by molar-refractivity contribution is 6.00. The molecule has 2 aromatic heterocycles. The zero-order valence-corrected chi connectivity index (χ0v) is 14.3. The first-order valence-corrected chi connectivity index (χ1v) is 8.39. The summed E-state index contributed by atoms with van der Waals surface area (Å²) in [6.45, 7) is 2.08. The second kappa shape index (κ2) is 6.76. The highest BCUT2D eigenvalue weighted by atomic mass is 16.1. The Morgan fingerprint density at radius 2 is 1.69 bits per heavy atom. The van der Waals surface area contributed by atoms with Gasteiger partial charge in [-0.1, -0.05) is 42.5 Å². The summed E-state index contributed by atoms with van der Waals surface area (Å²) in [5.41, 5.74) is 5.71. The summed E-state index contributed by atoms with van der Waals surface area (Å²) in [6.07, 6.45) is 4.16. The van der Waals surface area contributed by atoms with Gasteiger partial charge in [0.05, 0.1) is 0 Å². The predicted molar refractivity (Wildman–Crippen MR) is 105 cm³/mol. The normalized spacial score (nSPS) is 10.7. The van der Waals surface area contributed by atoms with Crippen molar-refractivity contribution >= 4 is 28.7 Å². The average molecular weight is 339 g/mol. The largest absolute Gasteiger partial charge is 0.338 e. The van der Waals surface area contributed by atoms with Crippen LogP contribution in [-0.2, 0) is 0 Å². The van der Waals surface area contributed by atoms with E-state index in [0.717, 1.165) is 28.5 Å². The Kier molecular flexibility index (Phi) is 4.15. The van der Waals surface area contributed by atoms with E-state index in [0.29, 0.717) is 16.9 Å². The number of pyridine rings is 2. The second-order valence-electron chi connectivity index (χ2n) is 6.04. The second-order valence-corrected chi connectivity index (χ2v) is 6.04. The van der Waals surface area contributed by atoms with Crippen molar-refractivity contribution < 1.29 is 4.79 Å². The minimum atomic E-state index is 0.607. The van der Waals surface area contributed by atoms with Crippen LogP contribution < -0.4 is 5.32 Å². The van der Waals surface area contributed by atoms with Crippen LogP contribution >= 0.6 is 0 Å². The topological polar surface area (TPSA) is 54.9 Å². The van der Waals surface area contributed by atoms with Crippen molar-refractivity contribution in [2.45, 2.75) is 6.92 Å². The minimum Gasteiger partial charge on any atom is -0.338 e. The third-order valence-corrected chi connectivity index (χ3v) is 4.49. The van der Waals surface area contributed by atoms with E-state index in [-0.39, 0.29) is 0 Å². The van der Waals surface area contributed by atoms with E-state index < -0.39 is 0 Å². The molecule has 0 atom stereocenters. The van der Waals surface area contributed by atoms with E-state index in [2.05, 4.69) is 40.4 Å². The molecule has 0 saturated heterocycles. The van der Waals surface area contributed by atoms with Crippen molar-refractivity contribution in [3.63, 3.8) is 0 Å². The molecule has 0 aliphatic carbocycles. The minimum absolute atomic E-state index is 0.607. The summed E-state index contributed by atoms with van der Waals surface area (Å²) in [6, 6.07) is 19.9. The lowest BCUT2D eigenvalue weighted by Gasteiger charge is -2.14. The van der Waals surface area contributed by atoms with Crippen LogP contribution in [0.15, 0.2) is 73.1 Å². The average Bonchev–Trinajstić information content (AvgIpc) is 2.70. The zero-order valence-electron chi connectivity index (χ0n) is 14.3. The summed E-state index contributed by atoms with van der Waals surface area (Å²) < 4.78 is 0. The lowest BCUT2D eigenvalue weighted by Crippen LogP contribution is -1.99. The van der Waals surface area contributed by atoms with Crippen molar-refractivity contribution in [2.24, 2.45) is 0 Å². The van der Waals surface area contributed by atoms with Gasteiger partial charge in [0.25, 0.3) is 0 Å². The van der Waals surface area contributed by atoms with E-state index in [1.165, 1.54) is 5.56 Å². The number of carbonyl (C=O) groups is 1. The van der Waals surface area contributed by atoms with E-state index in [9.17, 15) is 4.79 Å². The molecule has 0 aliphatic rings. The van der Waals surface area contributed by atoms with Crippen molar-refractivity contribution in [1.82, 2.24) is 9.97 Å². The van der Waals surface area contributed by atoms with Crippen molar-refractivity contribution in [3.8, 4) is 11.1 Å². The molecular weight excluding hydrogens is 322 g/mol. The number of rotatable bonds is 4. The fourth-order valence-corrected chi connectivity index (χ4v) is 3.12. The summed E-state index contributed by atoms with van der Waals surface area (Å²) in [4.78, 5) is 20.1. The molecule has 0 unspecified atom stereocenters. The Morgan fingerprint density at radius 3 is 2.50 bits per heavy atom. The van der Waals surface area contributed by atoms with Crippen molar-refractivity contribution in [2.75, 3.05) is 5.32 Å². The van der Waals surface area contributed by atoms with Gasteiger partial charge in [0.15, 0.2) is 12.1 Å².